The van der Waals surface area contributed by atoms with E-state index in [0.717, 1.165) is 18.7 Å². The van der Waals surface area contributed by atoms with E-state index < -0.39 is 6.10 Å². The van der Waals surface area contributed by atoms with Gasteiger partial charge in [0.15, 0.2) is 6.10 Å². The Balaban J connectivity index is 1.69. The topological polar surface area (TPSA) is 50.8 Å². The number of carbonyl (C=O) groups excluding carboxylic acids is 1. The Labute approximate surface area is 145 Å². The second kappa shape index (κ2) is 10.2. The lowest BCUT2D eigenvalue weighted by molar-refractivity contribution is -0.128. The number of piperidine rings is 1. The Morgan fingerprint density at radius 2 is 1.83 bits per heavy atom. The summed E-state index contributed by atoms with van der Waals surface area (Å²) in [6.45, 7) is 6.13. The predicted octanol–water partition coefficient (Wildman–Crippen LogP) is 2.84. The summed E-state index contributed by atoms with van der Waals surface area (Å²) >= 11 is 0. The fraction of sp³-hybridized carbons (Fsp3) is 0.632. The van der Waals surface area contributed by atoms with E-state index in [9.17, 15) is 4.79 Å². The number of nitrogens with zero attached hydrogens (tertiary/aromatic N) is 1. The number of hydrogen-bond acceptors (Lipinski definition) is 4. The minimum Gasteiger partial charge on any atom is -0.497 e. The molecule has 0 aliphatic carbocycles. The molecule has 1 aromatic carbocycles. The molecular weight excluding hydrogens is 304 g/mol. The van der Waals surface area contributed by atoms with Gasteiger partial charge in [-0.15, -0.1) is 0 Å². The smallest absolute Gasteiger partial charge is 0.261 e. The predicted molar refractivity (Wildman–Crippen MR) is 95.6 cm³/mol. The third-order valence-corrected chi connectivity index (χ3v) is 4.40. The van der Waals surface area contributed by atoms with Crippen LogP contribution in [0.5, 0.6) is 11.5 Å². The third-order valence-electron chi connectivity index (χ3n) is 4.40. The zero-order valence-electron chi connectivity index (χ0n) is 14.9. The van der Waals surface area contributed by atoms with Gasteiger partial charge in [0.1, 0.15) is 11.5 Å². The van der Waals surface area contributed by atoms with Gasteiger partial charge < -0.3 is 19.7 Å². The lowest BCUT2D eigenvalue weighted by atomic mass is 10.1. The SMILES string of the molecule is CCC(Oc1ccc(OC)cc1)C(=O)NCCCN1CCCCC1. The fourth-order valence-electron chi connectivity index (χ4n) is 2.95. The van der Waals surface area contributed by atoms with Crippen LogP contribution in [0.2, 0.25) is 0 Å². The van der Waals surface area contributed by atoms with Crippen LogP contribution in [0.4, 0.5) is 0 Å². The van der Waals surface area contributed by atoms with Gasteiger partial charge in [-0.1, -0.05) is 13.3 Å². The molecule has 1 aromatic rings. The summed E-state index contributed by atoms with van der Waals surface area (Å²) in [7, 11) is 1.63. The average molecular weight is 334 g/mol. The zero-order valence-corrected chi connectivity index (χ0v) is 14.9. The third kappa shape index (κ3) is 6.04. The van der Waals surface area contributed by atoms with Crippen molar-refractivity contribution < 1.29 is 14.3 Å². The highest BCUT2D eigenvalue weighted by molar-refractivity contribution is 5.81. The molecule has 1 amide bonds. The Morgan fingerprint density at radius 1 is 1.17 bits per heavy atom. The molecule has 2 rings (SSSR count). The molecule has 1 aliphatic heterocycles. The summed E-state index contributed by atoms with van der Waals surface area (Å²) in [5.41, 5.74) is 0. The number of benzene rings is 1. The highest BCUT2D eigenvalue weighted by atomic mass is 16.5. The standard InChI is InChI=1S/C19H30N2O3/c1-3-18(24-17-10-8-16(23-2)9-11-17)19(22)20-12-7-15-21-13-5-4-6-14-21/h8-11,18H,3-7,12-15H2,1-2H3,(H,20,22). The molecule has 0 saturated carbocycles. The molecule has 0 spiro atoms. The average Bonchev–Trinajstić information content (AvgIpc) is 2.64. The van der Waals surface area contributed by atoms with Gasteiger partial charge in [0.05, 0.1) is 7.11 Å². The maximum atomic E-state index is 12.3. The molecule has 0 radical (unpaired) electrons. The maximum absolute atomic E-state index is 12.3. The minimum absolute atomic E-state index is 0.0352. The van der Waals surface area contributed by atoms with Gasteiger partial charge in [0.2, 0.25) is 0 Å². The lowest BCUT2D eigenvalue weighted by Gasteiger charge is -2.26. The number of ether oxygens (including phenoxy) is 2. The minimum atomic E-state index is -0.451. The van der Waals surface area contributed by atoms with Gasteiger partial charge in [0, 0.05) is 6.54 Å². The number of likely N-dealkylation sites (tertiary alicyclic amines) is 1. The summed E-state index contributed by atoms with van der Waals surface area (Å²) in [6.07, 6.45) is 5.15. The van der Waals surface area contributed by atoms with Crippen LogP contribution in [0, 0.1) is 0 Å². The Kier molecular flexibility index (Phi) is 7.89. The molecule has 1 unspecified atom stereocenters. The van der Waals surface area contributed by atoms with Crippen molar-refractivity contribution in [3.63, 3.8) is 0 Å². The summed E-state index contributed by atoms with van der Waals surface area (Å²) < 4.78 is 10.9. The van der Waals surface area contributed by atoms with E-state index in [2.05, 4.69) is 10.2 Å². The molecule has 1 N–H and O–H groups in total. The van der Waals surface area contributed by atoms with E-state index in [1.54, 1.807) is 7.11 Å². The molecule has 24 heavy (non-hydrogen) atoms. The molecule has 5 nitrogen and oxygen atoms in total. The van der Waals surface area contributed by atoms with Crippen molar-refractivity contribution in [1.29, 1.82) is 0 Å². The molecule has 1 heterocycles. The summed E-state index contributed by atoms with van der Waals surface area (Å²) in [5, 5.41) is 3.00. The first-order valence-corrected chi connectivity index (χ1v) is 9.03. The van der Waals surface area contributed by atoms with Crippen LogP contribution in [0.1, 0.15) is 39.0 Å². The van der Waals surface area contributed by atoms with Crippen molar-refractivity contribution in [2.24, 2.45) is 0 Å². The lowest BCUT2D eigenvalue weighted by Crippen LogP contribution is -2.39. The summed E-state index contributed by atoms with van der Waals surface area (Å²) in [5.74, 6) is 1.43. The molecule has 1 aliphatic rings. The Hall–Kier alpha value is -1.75. The summed E-state index contributed by atoms with van der Waals surface area (Å²) in [4.78, 5) is 14.8. The van der Waals surface area contributed by atoms with E-state index in [1.165, 1.54) is 32.4 Å². The van der Waals surface area contributed by atoms with Gasteiger partial charge in [-0.25, -0.2) is 0 Å². The van der Waals surface area contributed by atoms with Crippen molar-refractivity contribution in [3.8, 4) is 11.5 Å². The number of amides is 1. The van der Waals surface area contributed by atoms with E-state index in [-0.39, 0.29) is 5.91 Å². The number of carbonyl (C=O) groups is 1. The largest absolute Gasteiger partial charge is 0.497 e. The van der Waals surface area contributed by atoms with E-state index >= 15 is 0 Å². The van der Waals surface area contributed by atoms with E-state index in [1.807, 2.05) is 31.2 Å². The normalized spacial score (nSPS) is 16.4. The van der Waals surface area contributed by atoms with Crippen LogP contribution in [0.3, 0.4) is 0 Å². The summed E-state index contributed by atoms with van der Waals surface area (Å²) in [6, 6.07) is 7.31. The van der Waals surface area contributed by atoms with Crippen molar-refractivity contribution in [1.82, 2.24) is 10.2 Å². The molecule has 134 valence electrons. The van der Waals surface area contributed by atoms with E-state index in [0.29, 0.717) is 18.7 Å². The van der Waals surface area contributed by atoms with Crippen molar-refractivity contribution in [2.45, 2.75) is 45.1 Å². The van der Waals surface area contributed by atoms with E-state index in [4.69, 9.17) is 9.47 Å². The first kappa shape index (κ1) is 18.6. The van der Waals surface area contributed by atoms with Crippen LogP contribution in [0.15, 0.2) is 24.3 Å². The van der Waals surface area contributed by atoms with Gasteiger partial charge in [-0.05, 0) is 69.6 Å². The quantitative estimate of drug-likeness (QED) is 0.706. The van der Waals surface area contributed by atoms with Gasteiger partial charge in [0.25, 0.3) is 5.91 Å². The van der Waals surface area contributed by atoms with Crippen LogP contribution in [-0.4, -0.2) is 50.2 Å². The second-order valence-electron chi connectivity index (χ2n) is 6.24. The Morgan fingerprint density at radius 3 is 2.46 bits per heavy atom. The first-order valence-electron chi connectivity index (χ1n) is 9.03. The maximum Gasteiger partial charge on any atom is 0.261 e. The molecule has 0 bridgehead atoms. The molecule has 1 fully saturated rings. The monoisotopic (exact) mass is 334 g/mol. The molecule has 5 heteroatoms. The van der Waals surface area contributed by atoms with Gasteiger partial charge >= 0.3 is 0 Å². The second-order valence-corrected chi connectivity index (χ2v) is 6.24. The van der Waals surface area contributed by atoms with Crippen LogP contribution < -0.4 is 14.8 Å². The van der Waals surface area contributed by atoms with Crippen LogP contribution in [0.25, 0.3) is 0 Å². The zero-order chi connectivity index (χ0) is 17.2. The van der Waals surface area contributed by atoms with Crippen LogP contribution in [-0.2, 0) is 4.79 Å². The molecule has 0 aromatic heterocycles. The fourth-order valence-corrected chi connectivity index (χ4v) is 2.95. The number of nitrogens with one attached hydrogen (secondary N) is 1. The van der Waals surface area contributed by atoms with Crippen LogP contribution >= 0.6 is 0 Å². The van der Waals surface area contributed by atoms with Gasteiger partial charge in [-0.2, -0.15) is 0 Å². The van der Waals surface area contributed by atoms with Crippen molar-refractivity contribution in [3.05, 3.63) is 24.3 Å². The highest BCUT2D eigenvalue weighted by Crippen LogP contribution is 2.19. The first-order chi connectivity index (χ1) is 11.7. The van der Waals surface area contributed by atoms with Crippen molar-refractivity contribution >= 4 is 5.91 Å². The Bertz CT molecular complexity index is 484. The number of rotatable bonds is 9. The van der Waals surface area contributed by atoms with Gasteiger partial charge in [-0.3, -0.25) is 4.79 Å². The molecule has 1 saturated heterocycles. The highest BCUT2D eigenvalue weighted by Gasteiger charge is 2.18. The number of methoxy groups -OCH3 is 1. The van der Waals surface area contributed by atoms with Crippen molar-refractivity contribution in [2.75, 3.05) is 33.3 Å². The molecular formula is C19H30N2O3. The number of hydrogen-bond donors (Lipinski definition) is 1. The molecule has 1 atom stereocenters.